The van der Waals surface area contributed by atoms with E-state index in [-0.39, 0.29) is 5.56 Å². The van der Waals surface area contributed by atoms with Crippen molar-refractivity contribution in [1.82, 2.24) is 0 Å². The molecule has 0 radical (unpaired) electrons. The lowest BCUT2D eigenvalue weighted by Gasteiger charge is -2.40. The van der Waals surface area contributed by atoms with Crippen LogP contribution in [0.25, 0.3) is 0 Å². The first-order chi connectivity index (χ1) is 9.45. The van der Waals surface area contributed by atoms with Crippen LogP contribution >= 0.6 is 0 Å². The van der Waals surface area contributed by atoms with Gasteiger partial charge in [0, 0.05) is 0 Å². The van der Waals surface area contributed by atoms with E-state index in [0.29, 0.717) is 5.56 Å². The van der Waals surface area contributed by atoms with Crippen molar-refractivity contribution in [3.05, 3.63) is 35.4 Å². The van der Waals surface area contributed by atoms with Gasteiger partial charge in [-0.1, -0.05) is 12.1 Å². The van der Waals surface area contributed by atoms with Gasteiger partial charge in [0.2, 0.25) is 0 Å². The van der Waals surface area contributed by atoms with Crippen molar-refractivity contribution in [3.8, 4) is 0 Å². The van der Waals surface area contributed by atoms with Gasteiger partial charge >= 0.3 is 5.97 Å². The van der Waals surface area contributed by atoms with Crippen LogP contribution in [0, 0.1) is 0 Å². The summed E-state index contributed by atoms with van der Waals surface area (Å²) in [7, 11) is 0. The Morgan fingerprint density at radius 2 is 1.85 bits per heavy atom. The first-order valence-corrected chi connectivity index (χ1v) is 6.09. The summed E-state index contributed by atoms with van der Waals surface area (Å²) in [4.78, 5) is 10.9. The number of aromatic carboxylic acids is 1. The summed E-state index contributed by atoms with van der Waals surface area (Å²) in [6.07, 6.45) is -6.39. The number of ether oxygens (including phenoxy) is 1. The van der Waals surface area contributed by atoms with Crippen molar-refractivity contribution in [2.24, 2.45) is 0 Å². The fourth-order valence-corrected chi connectivity index (χ4v) is 2.23. The molecule has 1 aliphatic rings. The summed E-state index contributed by atoms with van der Waals surface area (Å²) in [5, 5.41) is 47.4. The van der Waals surface area contributed by atoms with E-state index >= 15 is 0 Å². The molecule has 5 unspecified atom stereocenters. The molecule has 1 aromatic carbocycles. The highest BCUT2D eigenvalue weighted by atomic mass is 16.5. The van der Waals surface area contributed by atoms with Crippen LogP contribution in [0.2, 0.25) is 0 Å². The second-order valence-electron chi connectivity index (χ2n) is 4.68. The van der Waals surface area contributed by atoms with E-state index in [4.69, 9.17) is 14.9 Å². The molecule has 5 N–H and O–H groups in total. The third kappa shape index (κ3) is 2.67. The Labute approximate surface area is 114 Å². The van der Waals surface area contributed by atoms with Crippen molar-refractivity contribution in [3.63, 3.8) is 0 Å². The topological polar surface area (TPSA) is 127 Å². The Hall–Kier alpha value is -1.51. The van der Waals surface area contributed by atoms with Crippen LogP contribution in [0.3, 0.4) is 0 Å². The Morgan fingerprint density at radius 3 is 2.45 bits per heavy atom. The zero-order valence-electron chi connectivity index (χ0n) is 10.5. The number of hydrogen-bond donors (Lipinski definition) is 5. The maximum absolute atomic E-state index is 10.9. The van der Waals surface area contributed by atoms with Crippen molar-refractivity contribution < 1.29 is 35.1 Å². The number of rotatable bonds is 3. The van der Waals surface area contributed by atoms with Gasteiger partial charge in [0.05, 0.1) is 12.2 Å². The first kappa shape index (κ1) is 14.9. The van der Waals surface area contributed by atoms with Crippen LogP contribution in [-0.4, -0.2) is 62.5 Å². The van der Waals surface area contributed by atoms with Crippen molar-refractivity contribution >= 4 is 5.97 Å². The largest absolute Gasteiger partial charge is 0.478 e. The smallest absolute Gasteiger partial charge is 0.335 e. The molecule has 7 heteroatoms. The lowest BCUT2D eigenvalue weighted by Crippen LogP contribution is -2.55. The molecule has 0 aromatic heterocycles. The molecule has 20 heavy (non-hydrogen) atoms. The number of aliphatic hydroxyl groups excluding tert-OH is 4. The van der Waals surface area contributed by atoms with Crippen LogP contribution in [0.4, 0.5) is 0 Å². The van der Waals surface area contributed by atoms with E-state index in [1.54, 1.807) is 6.07 Å². The molecule has 110 valence electrons. The molecule has 1 fully saturated rings. The highest BCUT2D eigenvalue weighted by Crippen LogP contribution is 2.32. The molecule has 0 bridgehead atoms. The molecule has 0 aliphatic carbocycles. The minimum Gasteiger partial charge on any atom is -0.478 e. The lowest BCUT2D eigenvalue weighted by atomic mass is 9.91. The summed E-state index contributed by atoms with van der Waals surface area (Å²) in [6.45, 7) is -0.528. The van der Waals surface area contributed by atoms with Gasteiger partial charge in [-0.3, -0.25) is 0 Å². The highest BCUT2D eigenvalue weighted by Gasteiger charge is 2.43. The SMILES string of the molecule is O=C(O)c1cccc(C2OC(CO)C(O)C(O)C2O)c1. The summed E-state index contributed by atoms with van der Waals surface area (Å²) in [5.41, 5.74) is 0.362. The van der Waals surface area contributed by atoms with Gasteiger partial charge < -0.3 is 30.3 Å². The Kier molecular flexibility index (Phi) is 4.36. The second-order valence-corrected chi connectivity index (χ2v) is 4.68. The minimum atomic E-state index is -1.49. The monoisotopic (exact) mass is 284 g/mol. The fourth-order valence-electron chi connectivity index (χ4n) is 2.23. The molecule has 5 atom stereocenters. The van der Waals surface area contributed by atoms with Crippen LogP contribution in [-0.2, 0) is 4.74 Å². The molecule has 7 nitrogen and oxygen atoms in total. The molecule has 1 aliphatic heterocycles. The molecule has 2 rings (SSSR count). The van der Waals surface area contributed by atoms with E-state index in [0.717, 1.165) is 0 Å². The predicted molar refractivity (Wildman–Crippen MR) is 66.1 cm³/mol. The van der Waals surface area contributed by atoms with Crippen molar-refractivity contribution in [1.29, 1.82) is 0 Å². The van der Waals surface area contributed by atoms with E-state index in [1.165, 1.54) is 18.2 Å². The minimum absolute atomic E-state index is 0.0134. The van der Waals surface area contributed by atoms with Crippen molar-refractivity contribution in [2.75, 3.05) is 6.61 Å². The first-order valence-electron chi connectivity index (χ1n) is 6.09. The summed E-state index contributed by atoms with van der Waals surface area (Å²) < 4.78 is 5.35. The maximum atomic E-state index is 10.9. The standard InChI is InChI=1S/C13H16O7/c14-5-8-9(15)10(16)11(17)12(20-8)6-2-1-3-7(4-6)13(18)19/h1-4,8-12,14-17H,5H2,(H,18,19). The van der Waals surface area contributed by atoms with Gasteiger partial charge in [-0.25, -0.2) is 4.79 Å². The molecule has 0 spiro atoms. The third-order valence-corrected chi connectivity index (χ3v) is 3.35. The highest BCUT2D eigenvalue weighted by molar-refractivity contribution is 5.87. The quantitative estimate of drug-likeness (QED) is 0.476. The van der Waals surface area contributed by atoms with Gasteiger partial charge in [0.15, 0.2) is 0 Å². The molecule has 0 saturated carbocycles. The zero-order chi connectivity index (χ0) is 14.9. The Bertz CT molecular complexity index is 487. The number of carbonyl (C=O) groups is 1. The number of aliphatic hydroxyl groups is 4. The Morgan fingerprint density at radius 1 is 1.15 bits per heavy atom. The lowest BCUT2D eigenvalue weighted by molar-refractivity contribution is -0.231. The van der Waals surface area contributed by atoms with Crippen LogP contribution in [0.15, 0.2) is 24.3 Å². The summed E-state index contributed by atoms with van der Waals surface area (Å²) >= 11 is 0. The van der Waals surface area contributed by atoms with E-state index < -0.39 is 43.1 Å². The Balaban J connectivity index is 2.31. The van der Waals surface area contributed by atoms with Gasteiger partial charge in [-0.15, -0.1) is 0 Å². The third-order valence-electron chi connectivity index (χ3n) is 3.35. The summed E-state index contributed by atoms with van der Waals surface area (Å²) in [5.74, 6) is -1.13. The van der Waals surface area contributed by atoms with Gasteiger partial charge in [-0.05, 0) is 17.7 Å². The van der Waals surface area contributed by atoms with Gasteiger partial charge in [0.25, 0.3) is 0 Å². The van der Waals surface area contributed by atoms with Gasteiger partial charge in [0.1, 0.15) is 30.5 Å². The average molecular weight is 284 g/mol. The molecular weight excluding hydrogens is 268 g/mol. The molecule has 0 amide bonds. The van der Waals surface area contributed by atoms with E-state index in [2.05, 4.69) is 0 Å². The number of hydrogen-bond acceptors (Lipinski definition) is 6. The predicted octanol–water partition coefficient (Wildman–Crippen LogP) is -1.10. The van der Waals surface area contributed by atoms with Crippen LogP contribution in [0.1, 0.15) is 22.0 Å². The second kappa shape index (κ2) is 5.86. The van der Waals surface area contributed by atoms with Crippen molar-refractivity contribution in [2.45, 2.75) is 30.5 Å². The molecule has 1 heterocycles. The number of carboxylic acid groups (broad SMARTS) is 1. The molecular formula is C13H16O7. The van der Waals surface area contributed by atoms with Crippen LogP contribution in [0.5, 0.6) is 0 Å². The zero-order valence-corrected chi connectivity index (χ0v) is 10.5. The molecule has 1 saturated heterocycles. The van der Waals surface area contributed by atoms with E-state index in [9.17, 15) is 20.1 Å². The van der Waals surface area contributed by atoms with E-state index in [1.807, 2.05) is 0 Å². The fraction of sp³-hybridized carbons (Fsp3) is 0.462. The average Bonchev–Trinajstić information content (AvgIpc) is 2.45. The number of benzene rings is 1. The maximum Gasteiger partial charge on any atom is 0.335 e. The molecule has 1 aromatic rings. The normalized spacial score (nSPS) is 33.9. The van der Waals surface area contributed by atoms with Crippen LogP contribution < -0.4 is 0 Å². The number of carboxylic acids is 1. The van der Waals surface area contributed by atoms with Gasteiger partial charge in [-0.2, -0.15) is 0 Å². The summed E-state index contributed by atoms with van der Waals surface area (Å²) in [6, 6.07) is 5.73.